The molecule has 2 atom stereocenters. The first kappa shape index (κ1) is 44.5. The van der Waals surface area contributed by atoms with E-state index in [1.807, 2.05) is 33.7 Å². The van der Waals surface area contributed by atoms with Gasteiger partial charge in [0.1, 0.15) is 11.6 Å². The number of nitrogens with one attached hydrogen (secondary N) is 3. The minimum absolute atomic E-state index is 0.0547. The fourth-order valence-electron chi connectivity index (χ4n) is 10.6. The maximum atomic E-state index is 15.9. The fourth-order valence-corrected chi connectivity index (χ4v) is 11.1. The van der Waals surface area contributed by atoms with Crippen LogP contribution in [0.15, 0.2) is 72.5 Å². The summed E-state index contributed by atoms with van der Waals surface area (Å²) >= 11 is 1.28. The number of rotatable bonds is 13. The third kappa shape index (κ3) is 9.48. The number of thiazole rings is 1. The maximum Gasteiger partial charge on any atom is 0.255 e. The van der Waals surface area contributed by atoms with Crippen LogP contribution in [0, 0.1) is 23.5 Å². The molecular weight excluding hydrogens is 877 g/mol. The van der Waals surface area contributed by atoms with E-state index in [4.69, 9.17) is 0 Å². The highest BCUT2D eigenvalue weighted by Crippen LogP contribution is 2.38. The van der Waals surface area contributed by atoms with Crippen molar-refractivity contribution in [1.29, 1.82) is 0 Å². The van der Waals surface area contributed by atoms with Crippen LogP contribution in [0.1, 0.15) is 95.3 Å². The number of aromatic nitrogens is 3. The average molecular weight is 930 g/mol. The molecule has 5 aliphatic heterocycles. The molecule has 0 aliphatic carbocycles. The SMILES string of the molecule is O=C1CC[C@H](CNc2ccc(C3CCN(CC(=O)N4CCC(Cc5ccc(-c6cc(F)c7c(c6)C(=O)N(C(C(=O)Nc6nccs6)c6ncn8c6CCC8)C7)cc5)CC4)CC3)c(F)c2)C(=O)N1. The van der Waals surface area contributed by atoms with E-state index in [-0.39, 0.29) is 53.0 Å². The Kier molecular flexibility index (Phi) is 12.7. The Bertz CT molecular complexity index is 2690. The molecule has 5 aliphatic rings. The smallest absolute Gasteiger partial charge is 0.255 e. The minimum atomic E-state index is -1.05. The molecule has 3 fully saturated rings. The summed E-state index contributed by atoms with van der Waals surface area (Å²) in [4.78, 5) is 79.2. The van der Waals surface area contributed by atoms with Crippen LogP contribution in [0.3, 0.4) is 0 Å². The Hall–Kier alpha value is -6.33. The first-order valence-electron chi connectivity index (χ1n) is 23.4. The molecule has 67 heavy (non-hydrogen) atoms. The largest absolute Gasteiger partial charge is 0.384 e. The van der Waals surface area contributed by atoms with Crippen molar-refractivity contribution in [3.8, 4) is 11.1 Å². The highest BCUT2D eigenvalue weighted by Gasteiger charge is 2.42. The lowest BCUT2D eigenvalue weighted by atomic mass is 9.88. The quantitative estimate of drug-likeness (QED) is 0.109. The normalized spacial score (nSPS) is 19.6. The Balaban J connectivity index is 0.697. The van der Waals surface area contributed by atoms with Gasteiger partial charge in [-0.2, -0.15) is 0 Å². The molecule has 3 N–H and O–H groups in total. The van der Waals surface area contributed by atoms with E-state index in [1.54, 1.807) is 24.0 Å². The molecule has 0 radical (unpaired) electrons. The van der Waals surface area contributed by atoms with Crippen molar-refractivity contribution in [3.63, 3.8) is 0 Å². The molecular formula is C50H53F2N9O5S. The average Bonchev–Trinajstić information content (AvgIpc) is 4.15. The molecule has 3 saturated heterocycles. The lowest BCUT2D eigenvalue weighted by Crippen LogP contribution is -2.46. The summed E-state index contributed by atoms with van der Waals surface area (Å²) in [5, 5.41) is 10.5. The lowest BCUT2D eigenvalue weighted by molar-refractivity contribution is -0.136. The number of likely N-dealkylation sites (tertiary alicyclic amines) is 2. The van der Waals surface area contributed by atoms with Gasteiger partial charge in [0.2, 0.25) is 17.7 Å². The van der Waals surface area contributed by atoms with E-state index in [2.05, 4.69) is 43.0 Å². The standard InChI is InChI=1S/C50H53F2N9O5S/c51-40-24-35(23-38-39(40)27-61(49(38)66)46(48(65)57-50-53-15-21-67-50)45-42-2-1-16-60(42)29-55-45)32-5-3-30(4-6-32)22-31-11-19-59(20-12-31)44(63)28-58-17-13-33(14-18-58)37-9-8-36(25-41(37)52)54-26-34-7-10-43(62)56-47(34)64/h3-6,8-9,15,21,23-25,29,31,33-34,46,54H,1-2,7,10-14,16-20,22,26-28H2,(H,53,57,65)(H,56,62,64)/t34-,46?/m1/s1. The number of hydrogen-bond donors (Lipinski definition) is 3. The summed E-state index contributed by atoms with van der Waals surface area (Å²) in [6.07, 6.45) is 9.91. The van der Waals surface area contributed by atoms with Gasteiger partial charge < -0.3 is 19.7 Å². The number of piperidine rings is 3. The molecule has 1 unspecified atom stereocenters. The van der Waals surface area contributed by atoms with Gasteiger partial charge in [-0.25, -0.2) is 18.7 Å². The van der Waals surface area contributed by atoms with Crippen molar-refractivity contribution in [3.05, 3.63) is 118 Å². The number of hydrogen-bond acceptors (Lipinski definition) is 10. The predicted octanol–water partition coefficient (Wildman–Crippen LogP) is 6.69. The summed E-state index contributed by atoms with van der Waals surface area (Å²) in [6.45, 7) is 4.25. The molecule has 2 aromatic heterocycles. The van der Waals surface area contributed by atoms with E-state index in [1.165, 1.54) is 28.4 Å². The number of amides is 5. The van der Waals surface area contributed by atoms with Gasteiger partial charge >= 0.3 is 0 Å². The van der Waals surface area contributed by atoms with Gasteiger partial charge in [-0.3, -0.25) is 39.5 Å². The maximum absolute atomic E-state index is 15.9. The topological polar surface area (TPSA) is 162 Å². The van der Waals surface area contributed by atoms with Crippen LogP contribution in [0.25, 0.3) is 11.1 Å². The molecule has 5 amide bonds. The number of anilines is 2. The number of imidazole rings is 1. The number of nitrogens with zero attached hydrogens (tertiary/aromatic N) is 6. The van der Waals surface area contributed by atoms with Gasteiger partial charge in [0.05, 0.1) is 31.0 Å². The number of imide groups is 1. The van der Waals surface area contributed by atoms with Gasteiger partial charge in [-0.05, 0) is 123 Å². The highest BCUT2D eigenvalue weighted by atomic mass is 32.1. The van der Waals surface area contributed by atoms with E-state index in [0.717, 1.165) is 68.3 Å². The van der Waals surface area contributed by atoms with Gasteiger partial charge in [-0.15, -0.1) is 11.3 Å². The summed E-state index contributed by atoms with van der Waals surface area (Å²) in [5.41, 5.74) is 5.71. The second-order valence-corrected chi connectivity index (χ2v) is 19.5. The van der Waals surface area contributed by atoms with E-state index in [9.17, 15) is 24.0 Å². The molecule has 348 valence electrons. The number of halogens is 2. The molecule has 0 bridgehead atoms. The van der Waals surface area contributed by atoms with Crippen LogP contribution >= 0.6 is 11.3 Å². The molecule has 14 nitrogen and oxygen atoms in total. The zero-order valence-corrected chi connectivity index (χ0v) is 38.0. The van der Waals surface area contributed by atoms with Gasteiger partial charge in [0.25, 0.3) is 11.8 Å². The first-order valence-corrected chi connectivity index (χ1v) is 24.3. The number of carbonyl (C=O) groups is 5. The van der Waals surface area contributed by atoms with Crippen LogP contribution in [-0.4, -0.2) is 98.0 Å². The predicted molar refractivity (Wildman–Crippen MR) is 248 cm³/mol. The van der Waals surface area contributed by atoms with Crippen molar-refractivity contribution in [2.45, 2.75) is 82.8 Å². The van der Waals surface area contributed by atoms with Crippen LogP contribution in [-0.2, 0) is 45.1 Å². The summed E-state index contributed by atoms with van der Waals surface area (Å²) in [7, 11) is 0. The summed E-state index contributed by atoms with van der Waals surface area (Å²) in [6, 6.07) is 15.3. The highest BCUT2D eigenvalue weighted by molar-refractivity contribution is 7.13. The van der Waals surface area contributed by atoms with Crippen molar-refractivity contribution in [1.82, 2.24) is 34.6 Å². The Morgan fingerprint density at radius 2 is 1.67 bits per heavy atom. The number of benzene rings is 3. The van der Waals surface area contributed by atoms with Crippen molar-refractivity contribution < 1.29 is 32.8 Å². The Labute approximate surface area is 391 Å². The van der Waals surface area contributed by atoms with E-state index < -0.39 is 23.7 Å². The second kappa shape index (κ2) is 19.1. The van der Waals surface area contributed by atoms with Gasteiger partial charge in [0.15, 0.2) is 11.2 Å². The van der Waals surface area contributed by atoms with Crippen molar-refractivity contribution in [2.75, 3.05) is 49.9 Å². The third-order valence-electron chi connectivity index (χ3n) is 14.4. The van der Waals surface area contributed by atoms with Crippen LogP contribution in [0.2, 0.25) is 0 Å². The monoisotopic (exact) mass is 929 g/mol. The molecule has 0 spiro atoms. The summed E-state index contributed by atoms with van der Waals surface area (Å²) in [5.74, 6) is -1.92. The van der Waals surface area contributed by atoms with Gasteiger partial charge in [0, 0.05) is 66.7 Å². The zero-order chi connectivity index (χ0) is 46.2. The molecule has 3 aromatic carbocycles. The first-order chi connectivity index (χ1) is 32.5. The van der Waals surface area contributed by atoms with E-state index >= 15 is 8.78 Å². The number of carbonyl (C=O) groups excluding carboxylic acids is 5. The fraction of sp³-hybridized carbons (Fsp3) is 0.420. The van der Waals surface area contributed by atoms with Crippen molar-refractivity contribution in [2.24, 2.45) is 11.8 Å². The van der Waals surface area contributed by atoms with Gasteiger partial charge in [-0.1, -0.05) is 30.3 Å². The van der Waals surface area contributed by atoms with Crippen LogP contribution < -0.4 is 16.0 Å². The molecule has 7 heterocycles. The van der Waals surface area contributed by atoms with E-state index in [0.29, 0.717) is 85.7 Å². The molecule has 17 heteroatoms. The Morgan fingerprint density at radius 3 is 2.42 bits per heavy atom. The Morgan fingerprint density at radius 1 is 0.866 bits per heavy atom. The van der Waals surface area contributed by atoms with Crippen LogP contribution in [0.5, 0.6) is 0 Å². The lowest BCUT2D eigenvalue weighted by Gasteiger charge is -2.36. The third-order valence-corrected chi connectivity index (χ3v) is 15.0. The zero-order valence-electron chi connectivity index (χ0n) is 37.1. The molecule has 0 saturated carbocycles. The summed E-state index contributed by atoms with van der Waals surface area (Å²) < 4.78 is 33.2. The number of aryl methyl sites for hydroxylation is 1. The van der Waals surface area contributed by atoms with Crippen LogP contribution in [0.4, 0.5) is 19.6 Å². The van der Waals surface area contributed by atoms with Crippen molar-refractivity contribution >= 4 is 51.7 Å². The number of fused-ring (bicyclic) bond motifs is 2. The molecule has 5 aromatic rings. The minimum Gasteiger partial charge on any atom is -0.384 e. The molecule has 10 rings (SSSR count). The second-order valence-electron chi connectivity index (χ2n) is 18.6.